The average Bonchev–Trinajstić information content (AvgIpc) is 2.40. The zero-order valence-electron chi connectivity index (χ0n) is 11.0. The molecule has 7 heteroatoms. The Morgan fingerprint density at radius 2 is 1.67 bits per heavy atom. The van der Waals surface area contributed by atoms with E-state index < -0.39 is 21.8 Å². The normalized spacial score (nSPS) is 11.1. The number of sulfonamides is 1. The van der Waals surface area contributed by atoms with Gasteiger partial charge in [-0.2, -0.15) is 0 Å². The van der Waals surface area contributed by atoms with Crippen molar-refractivity contribution in [1.82, 2.24) is 0 Å². The third kappa shape index (κ3) is 3.79. The van der Waals surface area contributed by atoms with Crippen molar-refractivity contribution in [3.63, 3.8) is 0 Å². The first kappa shape index (κ1) is 15.0. The lowest BCUT2D eigenvalue weighted by atomic mass is 10.0. The van der Waals surface area contributed by atoms with Gasteiger partial charge in [-0.15, -0.1) is 0 Å². The Bertz CT molecular complexity index is 785. The van der Waals surface area contributed by atoms with Crippen LogP contribution in [0.3, 0.4) is 0 Å². The van der Waals surface area contributed by atoms with Crippen LogP contribution in [0.15, 0.2) is 42.5 Å². The van der Waals surface area contributed by atoms with Crippen molar-refractivity contribution in [3.8, 4) is 11.1 Å². The smallest absolute Gasteiger partial charge is 0.335 e. The molecule has 2 N–H and O–H groups in total. The van der Waals surface area contributed by atoms with E-state index in [4.69, 9.17) is 5.11 Å². The van der Waals surface area contributed by atoms with Crippen molar-refractivity contribution in [3.05, 3.63) is 53.8 Å². The van der Waals surface area contributed by atoms with Crippen LogP contribution in [0.4, 0.5) is 10.1 Å². The lowest BCUT2D eigenvalue weighted by molar-refractivity contribution is 0.0697. The highest BCUT2D eigenvalue weighted by molar-refractivity contribution is 7.92. The van der Waals surface area contributed by atoms with Gasteiger partial charge in [0.05, 0.1) is 17.5 Å². The van der Waals surface area contributed by atoms with Gasteiger partial charge in [-0.05, 0) is 35.4 Å². The fraction of sp³-hybridized carbons (Fsp3) is 0.0714. The van der Waals surface area contributed by atoms with Gasteiger partial charge in [-0.25, -0.2) is 17.6 Å². The summed E-state index contributed by atoms with van der Waals surface area (Å²) in [5.41, 5.74) is 1.14. The summed E-state index contributed by atoms with van der Waals surface area (Å²) < 4.78 is 38.1. The van der Waals surface area contributed by atoms with Gasteiger partial charge in [0.1, 0.15) is 5.82 Å². The zero-order chi connectivity index (χ0) is 15.6. The number of nitrogens with one attached hydrogen (secondary N) is 1. The number of halogens is 1. The number of rotatable bonds is 4. The molecule has 0 saturated carbocycles. The van der Waals surface area contributed by atoms with E-state index in [1.54, 1.807) is 18.2 Å². The Morgan fingerprint density at radius 3 is 2.14 bits per heavy atom. The van der Waals surface area contributed by atoms with Crippen molar-refractivity contribution in [2.45, 2.75) is 0 Å². The largest absolute Gasteiger partial charge is 0.478 e. The second-order valence-corrected chi connectivity index (χ2v) is 6.20. The summed E-state index contributed by atoms with van der Waals surface area (Å²) in [4.78, 5) is 10.8. The summed E-state index contributed by atoms with van der Waals surface area (Å²) in [5, 5.41) is 8.81. The van der Waals surface area contributed by atoms with E-state index in [-0.39, 0.29) is 11.3 Å². The fourth-order valence-corrected chi connectivity index (χ4v) is 2.35. The molecule has 5 nitrogen and oxygen atoms in total. The Morgan fingerprint density at radius 1 is 1.10 bits per heavy atom. The fourth-order valence-electron chi connectivity index (χ4n) is 1.78. The minimum absolute atomic E-state index is 0.134. The van der Waals surface area contributed by atoms with Crippen LogP contribution in [0.2, 0.25) is 0 Å². The third-order valence-corrected chi connectivity index (χ3v) is 3.32. The predicted molar refractivity (Wildman–Crippen MR) is 77.3 cm³/mol. The molecule has 2 aromatic carbocycles. The molecule has 0 spiro atoms. The molecule has 0 heterocycles. The van der Waals surface area contributed by atoms with E-state index in [1.165, 1.54) is 24.3 Å². The van der Waals surface area contributed by atoms with Gasteiger partial charge < -0.3 is 5.11 Å². The van der Waals surface area contributed by atoms with Gasteiger partial charge >= 0.3 is 5.97 Å². The molecule has 2 aromatic rings. The molecule has 0 saturated heterocycles. The molecule has 0 unspecified atom stereocenters. The molecule has 0 aliphatic carbocycles. The maximum Gasteiger partial charge on any atom is 0.335 e. The van der Waals surface area contributed by atoms with Crippen molar-refractivity contribution in [2.75, 3.05) is 11.0 Å². The van der Waals surface area contributed by atoms with Crippen molar-refractivity contribution < 1.29 is 22.7 Å². The quantitative estimate of drug-likeness (QED) is 0.909. The lowest BCUT2D eigenvalue weighted by Gasteiger charge is -2.08. The molecule has 0 amide bonds. The second kappa shape index (κ2) is 5.53. The summed E-state index contributed by atoms with van der Waals surface area (Å²) in [6, 6.07) is 9.99. The first-order valence-electron chi connectivity index (χ1n) is 5.87. The van der Waals surface area contributed by atoms with E-state index >= 15 is 0 Å². The first-order valence-corrected chi connectivity index (χ1v) is 7.76. The van der Waals surface area contributed by atoms with Crippen LogP contribution in [-0.2, 0) is 10.0 Å². The summed E-state index contributed by atoms with van der Waals surface area (Å²) in [5.74, 6) is -1.75. The molecule has 0 aliphatic heterocycles. The zero-order valence-corrected chi connectivity index (χ0v) is 11.8. The molecular formula is C14H12FNO4S. The molecule has 0 bridgehead atoms. The summed E-state index contributed by atoms with van der Waals surface area (Å²) in [6.45, 7) is 0. The van der Waals surface area contributed by atoms with Crippen LogP contribution < -0.4 is 4.72 Å². The molecular weight excluding hydrogens is 297 g/mol. The molecule has 0 fully saturated rings. The van der Waals surface area contributed by atoms with Crippen LogP contribution in [0.25, 0.3) is 11.1 Å². The number of hydrogen-bond donors (Lipinski definition) is 2. The second-order valence-electron chi connectivity index (χ2n) is 4.45. The first-order chi connectivity index (χ1) is 9.76. The van der Waals surface area contributed by atoms with E-state index in [9.17, 15) is 17.6 Å². The molecule has 0 aromatic heterocycles. The minimum Gasteiger partial charge on any atom is -0.478 e. The highest BCUT2D eigenvalue weighted by atomic mass is 32.2. The number of carboxylic acid groups (broad SMARTS) is 1. The summed E-state index contributed by atoms with van der Waals surface area (Å²) in [7, 11) is -3.55. The minimum atomic E-state index is -3.55. The molecule has 21 heavy (non-hydrogen) atoms. The number of anilines is 1. The number of aromatic carboxylic acids is 1. The van der Waals surface area contributed by atoms with Gasteiger partial charge in [-0.1, -0.05) is 18.2 Å². The van der Waals surface area contributed by atoms with Crippen molar-refractivity contribution in [2.24, 2.45) is 0 Å². The topological polar surface area (TPSA) is 83.5 Å². The van der Waals surface area contributed by atoms with E-state index in [2.05, 4.69) is 4.72 Å². The lowest BCUT2D eigenvalue weighted by Crippen LogP contribution is -2.10. The molecule has 110 valence electrons. The van der Waals surface area contributed by atoms with E-state index in [0.717, 1.165) is 6.26 Å². The maximum absolute atomic E-state index is 13.9. The maximum atomic E-state index is 13.9. The standard InChI is InChI=1S/C14H12FNO4S/c1-21(19,20)16-13-7-6-11(8-12(13)15)9-2-4-10(5-3-9)14(17)18/h2-8,16H,1H3,(H,17,18). The van der Waals surface area contributed by atoms with Gasteiger partial charge in [0.2, 0.25) is 10.0 Å². The van der Waals surface area contributed by atoms with Crippen LogP contribution in [0.1, 0.15) is 10.4 Å². The SMILES string of the molecule is CS(=O)(=O)Nc1ccc(-c2ccc(C(=O)O)cc2)cc1F. The monoisotopic (exact) mass is 309 g/mol. The Balaban J connectivity index is 2.33. The molecule has 0 radical (unpaired) electrons. The van der Waals surface area contributed by atoms with Gasteiger partial charge in [-0.3, -0.25) is 4.72 Å². The number of carboxylic acids is 1. The average molecular weight is 309 g/mol. The number of benzene rings is 2. The molecule has 0 aliphatic rings. The van der Waals surface area contributed by atoms with Crippen LogP contribution in [-0.4, -0.2) is 25.7 Å². The highest BCUT2D eigenvalue weighted by Gasteiger charge is 2.09. The van der Waals surface area contributed by atoms with Crippen LogP contribution in [0.5, 0.6) is 0 Å². The third-order valence-electron chi connectivity index (χ3n) is 2.73. The Kier molecular flexibility index (Phi) is 3.95. The van der Waals surface area contributed by atoms with Gasteiger partial charge in [0, 0.05) is 0 Å². The Labute approximate surface area is 121 Å². The summed E-state index contributed by atoms with van der Waals surface area (Å²) >= 11 is 0. The highest BCUT2D eigenvalue weighted by Crippen LogP contribution is 2.25. The Hall–Kier alpha value is -2.41. The number of carbonyl (C=O) groups is 1. The number of hydrogen-bond acceptors (Lipinski definition) is 3. The van der Waals surface area contributed by atoms with E-state index in [1.807, 2.05) is 0 Å². The van der Waals surface area contributed by atoms with Gasteiger partial charge in [0.15, 0.2) is 0 Å². The van der Waals surface area contributed by atoms with Crippen molar-refractivity contribution in [1.29, 1.82) is 0 Å². The summed E-state index contributed by atoms with van der Waals surface area (Å²) in [6.07, 6.45) is 0.935. The van der Waals surface area contributed by atoms with Crippen LogP contribution >= 0.6 is 0 Å². The van der Waals surface area contributed by atoms with Gasteiger partial charge in [0.25, 0.3) is 0 Å². The van der Waals surface area contributed by atoms with Crippen LogP contribution in [0, 0.1) is 5.82 Å². The van der Waals surface area contributed by atoms with Crippen molar-refractivity contribution >= 4 is 21.7 Å². The predicted octanol–water partition coefficient (Wildman–Crippen LogP) is 2.56. The molecule has 2 rings (SSSR count). The molecule has 0 atom stereocenters. The van der Waals surface area contributed by atoms with E-state index in [0.29, 0.717) is 11.1 Å².